The minimum absolute atomic E-state index is 0.117. The summed E-state index contributed by atoms with van der Waals surface area (Å²) in [6.07, 6.45) is 10.1. The van der Waals surface area contributed by atoms with E-state index in [1.807, 2.05) is 18.3 Å². The van der Waals surface area contributed by atoms with E-state index >= 15 is 0 Å². The van der Waals surface area contributed by atoms with Crippen LogP contribution in [-0.2, 0) is 0 Å². The monoisotopic (exact) mass is 497 g/mol. The molecule has 1 aliphatic rings. The van der Waals surface area contributed by atoms with Crippen LogP contribution in [0, 0.1) is 17.2 Å². The van der Waals surface area contributed by atoms with Crippen molar-refractivity contribution in [2.75, 3.05) is 30.4 Å². The molecule has 0 aromatic carbocycles. The molecule has 0 bridgehead atoms. The number of carbonyl (C=O) groups excluding carboxylic acids is 1. The van der Waals surface area contributed by atoms with Gasteiger partial charge in [-0.1, -0.05) is 6.92 Å². The lowest BCUT2D eigenvalue weighted by atomic mass is 9.89. The molecule has 1 saturated heterocycles. The van der Waals surface area contributed by atoms with E-state index in [-0.39, 0.29) is 12.1 Å². The third-order valence-corrected chi connectivity index (χ3v) is 6.84. The number of primary amides is 1. The maximum absolute atomic E-state index is 12.4. The fourth-order valence-corrected chi connectivity index (χ4v) is 4.79. The SMILES string of the molecule is CC[C@@H]1CN(c2ccc(C#N)cn2)CC[C@H]1Nc1c(C(N)=O)cnn2cc(-c3cnc(OC)nc3)cc12. The Balaban J connectivity index is 1.44. The summed E-state index contributed by atoms with van der Waals surface area (Å²) >= 11 is 0. The molecule has 4 aromatic heterocycles. The number of anilines is 2. The van der Waals surface area contributed by atoms with Crippen LogP contribution >= 0.6 is 0 Å². The molecule has 5 rings (SSSR count). The molecule has 5 heterocycles. The number of nitrogens with zero attached hydrogens (tertiary/aromatic N) is 7. The Morgan fingerprint density at radius 1 is 1.22 bits per heavy atom. The Morgan fingerprint density at radius 2 is 2.03 bits per heavy atom. The van der Waals surface area contributed by atoms with E-state index in [0.717, 1.165) is 48.4 Å². The Labute approximate surface area is 213 Å². The predicted molar refractivity (Wildman–Crippen MR) is 138 cm³/mol. The first-order valence-corrected chi connectivity index (χ1v) is 12.1. The van der Waals surface area contributed by atoms with E-state index < -0.39 is 5.91 Å². The van der Waals surface area contributed by atoms with Gasteiger partial charge in [-0.05, 0) is 37.0 Å². The highest BCUT2D eigenvalue weighted by molar-refractivity contribution is 6.02. The van der Waals surface area contributed by atoms with Gasteiger partial charge in [0.15, 0.2) is 0 Å². The third kappa shape index (κ3) is 4.73. The Morgan fingerprint density at radius 3 is 2.68 bits per heavy atom. The van der Waals surface area contributed by atoms with E-state index in [1.165, 1.54) is 13.3 Å². The van der Waals surface area contributed by atoms with Crippen LogP contribution in [0.15, 0.2) is 49.2 Å². The number of nitriles is 1. The van der Waals surface area contributed by atoms with Crippen molar-refractivity contribution in [1.29, 1.82) is 5.26 Å². The van der Waals surface area contributed by atoms with Crippen LogP contribution in [0.5, 0.6) is 6.01 Å². The van der Waals surface area contributed by atoms with E-state index in [2.05, 4.69) is 43.3 Å². The van der Waals surface area contributed by atoms with Gasteiger partial charge < -0.3 is 20.7 Å². The molecule has 1 amide bonds. The molecular weight excluding hydrogens is 470 g/mol. The molecule has 0 spiro atoms. The molecule has 1 aliphatic heterocycles. The smallest absolute Gasteiger partial charge is 0.316 e. The first kappa shape index (κ1) is 24.0. The van der Waals surface area contributed by atoms with Gasteiger partial charge in [-0.3, -0.25) is 4.79 Å². The molecule has 3 N–H and O–H groups in total. The number of nitrogens with one attached hydrogen (secondary N) is 1. The minimum Gasteiger partial charge on any atom is -0.467 e. The number of hydrogen-bond donors (Lipinski definition) is 2. The van der Waals surface area contributed by atoms with Gasteiger partial charge in [-0.25, -0.2) is 19.5 Å². The zero-order chi connectivity index (χ0) is 25.9. The summed E-state index contributed by atoms with van der Waals surface area (Å²) in [6, 6.07) is 8.14. The van der Waals surface area contributed by atoms with Gasteiger partial charge in [-0.15, -0.1) is 0 Å². The molecule has 11 heteroatoms. The van der Waals surface area contributed by atoms with Gasteiger partial charge in [0.25, 0.3) is 5.91 Å². The highest BCUT2D eigenvalue weighted by Crippen LogP contribution is 2.32. The van der Waals surface area contributed by atoms with Crippen molar-refractivity contribution in [3.05, 3.63) is 60.3 Å². The Kier molecular flexibility index (Phi) is 6.55. The lowest BCUT2D eigenvalue weighted by molar-refractivity contribution is 0.100. The summed E-state index contributed by atoms with van der Waals surface area (Å²) in [7, 11) is 1.52. The zero-order valence-corrected chi connectivity index (χ0v) is 20.6. The van der Waals surface area contributed by atoms with Crippen LogP contribution in [0.2, 0.25) is 0 Å². The van der Waals surface area contributed by atoms with Crippen LogP contribution in [-0.4, -0.2) is 56.7 Å². The van der Waals surface area contributed by atoms with Crippen molar-refractivity contribution in [2.24, 2.45) is 11.7 Å². The van der Waals surface area contributed by atoms with Gasteiger partial charge in [0.05, 0.1) is 35.6 Å². The average Bonchev–Trinajstić information content (AvgIpc) is 3.38. The fraction of sp³-hybridized carbons (Fsp3) is 0.308. The standard InChI is InChI=1S/C26H27N9O2/c1-3-17-14-34(23-5-4-16(9-27)10-29-23)7-6-21(17)33-24-20(25(28)36)13-32-35-15-18(8-22(24)35)19-11-30-26(37-2)31-12-19/h4-5,8,10-13,15,17,21,33H,3,6-7,14H2,1-2H3,(H2,28,36)/t17-,21-/m1/s1. The number of methoxy groups -OCH3 is 1. The van der Waals surface area contributed by atoms with Gasteiger partial charge >= 0.3 is 6.01 Å². The van der Waals surface area contributed by atoms with Crippen molar-refractivity contribution in [3.63, 3.8) is 0 Å². The molecule has 0 saturated carbocycles. The molecule has 4 aromatic rings. The van der Waals surface area contributed by atoms with Crippen molar-refractivity contribution < 1.29 is 9.53 Å². The van der Waals surface area contributed by atoms with Crippen molar-refractivity contribution in [3.8, 4) is 23.2 Å². The number of hydrogen-bond acceptors (Lipinski definition) is 9. The predicted octanol–water partition coefficient (Wildman–Crippen LogP) is 2.88. The lowest BCUT2D eigenvalue weighted by Gasteiger charge is -2.40. The van der Waals surface area contributed by atoms with Crippen LogP contribution in [0.1, 0.15) is 35.7 Å². The van der Waals surface area contributed by atoms with E-state index in [1.54, 1.807) is 29.2 Å². The number of carbonyl (C=O) groups is 1. The summed E-state index contributed by atoms with van der Waals surface area (Å²) in [5.41, 5.74) is 9.69. The first-order valence-electron chi connectivity index (χ1n) is 12.1. The molecule has 0 aliphatic carbocycles. The topological polar surface area (TPSA) is 147 Å². The second-order valence-corrected chi connectivity index (χ2v) is 8.99. The summed E-state index contributed by atoms with van der Waals surface area (Å²) in [6.45, 7) is 3.75. The molecule has 37 heavy (non-hydrogen) atoms. The summed E-state index contributed by atoms with van der Waals surface area (Å²) in [4.78, 5) is 27.4. The molecular formula is C26H27N9O2. The molecule has 2 atom stereocenters. The number of aromatic nitrogens is 5. The minimum atomic E-state index is -0.541. The molecule has 1 fully saturated rings. The van der Waals surface area contributed by atoms with Gasteiger partial charge in [-0.2, -0.15) is 10.4 Å². The second-order valence-electron chi connectivity index (χ2n) is 8.99. The molecule has 11 nitrogen and oxygen atoms in total. The van der Waals surface area contributed by atoms with Gasteiger partial charge in [0.2, 0.25) is 0 Å². The quantitative estimate of drug-likeness (QED) is 0.393. The number of nitrogens with two attached hydrogens (primary N) is 1. The maximum atomic E-state index is 12.4. The Hall–Kier alpha value is -4.72. The number of rotatable bonds is 7. The third-order valence-electron chi connectivity index (χ3n) is 6.84. The summed E-state index contributed by atoms with van der Waals surface area (Å²) < 4.78 is 6.78. The number of pyridine rings is 1. The Bertz CT molecular complexity index is 1460. The van der Waals surface area contributed by atoms with Crippen LogP contribution < -0.4 is 20.7 Å². The van der Waals surface area contributed by atoms with Crippen LogP contribution in [0.25, 0.3) is 16.6 Å². The lowest BCUT2D eigenvalue weighted by Crippen LogP contribution is -2.46. The normalized spacial score (nSPS) is 17.4. The van der Waals surface area contributed by atoms with Gasteiger partial charge in [0.1, 0.15) is 11.9 Å². The molecule has 188 valence electrons. The fourth-order valence-electron chi connectivity index (χ4n) is 4.79. The first-order chi connectivity index (χ1) is 18.0. The molecule has 0 radical (unpaired) electrons. The highest BCUT2D eigenvalue weighted by atomic mass is 16.5. The van der Waals surface area contributed by atoms with E-state index in [4.69, 9.17) is 15.7 Å². The maximum Gasteiger partial charge on any atom is 0.316 e. The number of ether oxygens (including phenoxy) is 1. The van der Waals surface area contributed by atoms with E-state index in [0.29, 0.717) is 22.7 Å². The summed E-state index contributed by atoms with van der Waals surface area (Å²) in [5, 5.41) is 17.1. The second kappa shape index (κ2) is 10.1. The number of fused-ring (bicyclic) bond motifs is 1. The van der Waals surface area contributed by atoms with Crippen molar-refractivity contribution >= 4 is 22.9 Å². The number of piperidine rings is 1. The van der Waals surface area contributed by atoms with Gasteiger partial charge in [0, 0.05) is 55.0 Å². The zero-order valence-electron chi connectivity index (χ0n) is 20.6. The average molecular weight is 498 g/mol. The largest absolute Gasteiger partial charge is 0.467 e. The summed E-state index contributed by atoms with van der Waals surface area (Å²) in [5.74, 6) is 0.614. The van der Waals surface area contributed by atoms with Crippen LogP contribution in [0.3, 0.4) is 0 Å². The van der Waals surface area contributed by atoms with Crippen molar-refractivity contribution in [1.82, 2.24) is 24.6 Å². The van der Waals surface area contributed by atoms with Crippen molar-refractivity contribution in [2.45, 2.75) is 25.8 Å². The van der Waals surface area contributed by atoms with Crippen LogP contribution in [0.4, 0.5) is 11.5 Å². The molecule has 0 unspecified atom stereocenters. The highest BCUT2D eigenvalue weighted by Gasteiger charge is 2.30. The van der Waals surface area contributed by atoms with E-state index in [9.17, 15) is 4.79 Å². The number of amides is 1.